The van der Waals surface area contributed by atoms with Crippen molar-refractivity contribution in [3.63, 3.8) is 0 Å². The molecule has 0 saturated carbocycles. The highest BCUT2D eigenvalue weighted by Gasteiger charge is 2.29. The van der Waals surface area contributed by atoms with E-state index in [2.05, 4.69) is 5.10 Å². The van der Waals surface area contributed by atoms with Gasteiger partial charge in [-0.05, 0) is 48.2 Å². The van der Waals surface area contributed by atoms with Gasteiger partial charge in [-0.25, -0.2) is 8.78 Å². The molecule has 1 aromatic heterocycles. The number of aryl methyl sites for hydroxylation is 1. The number of rotatable bonds is 5. The number of anilines is 1. The lowest BCUT2D eigenvalue weighted by Gasteiger charge is -2.35. The lowest BCUT2D eigenvalue weighted by Crippen LogP contribution is -2.49. The maximum absolute atomic E-state index is 13.9. The van der Waals surface area contributed by atoms with E-state index < -0.39 is 28.6 Å². The third-order valence-corrected chi connectivity index (χ3v) is 7.70. The average Bonchev–Trinajstić information content (AvgIpc) is 2.84. The summed E-state index contributed by atoms with van der Waals surface area (Å²) in [6.07, 6.45) is 4.66. The Morgan fingerprint density at radius 3 is 2.50 bits per heavy atom. The standard InChI is InChI=1S/C25H26F2N4O4S/c1-36(34)30-8-6-29(7-9-30)23-15-28-31(20-13-18(26)12-19(27)14-20)25(33)24(23)35-22-5-3-16-2-4-21(32)10-17(16)11-22/h2,4,10,12-15,22,32H,3,5-9,11H2,1H3. The number of hydrogen-bond donors (Lipinski definition) is 1. The molecule has 0 radical (unpaired) electrons. The van der Waals surface area contributed by atoms with Crippen LogP contribution in [0, 0.1) is 11.6 Å². The minimum Gasteiger partial charge on any atom is -0.598 e. The second-order valence-electron chi connectivity index (χ2n) is 8.98. The van der Waals surface area contributed by atoms with E-state index in [-0.39, 0.29) is 23.3 Å². The lowest BCUT2D eigenvalue weighted by atomic mass is 9.89. The molecule has 190 valence electrons. The van der Waals surface area contributed by atoms with Crippen molar-refractivity contribution in [1.29, 1.82) is 0 Å². The summed E-state index contributed by atoms with van der Waals surface area (Å²) >= 11 is -1.09. The summed E-state index contributed by atoms with van der Waals surface area (Å²) in [5, 5.41) is 14.1. The van der Waals surface area contributed by atoms with Crippen LogP contribution in [0.15, 0.2) is 47.4 Å². The quantitative estimate of drug-likeness (QED) is 0.521. The van der Waals surface area contributed by atoms with Crippen LogP contribution in [-0.2, 0) is 24.2 Å². The van der Waals surface area contributed by atoms with Gasteiger partial charge in [0.15, 0.2) is 0 Å². The van der Waals surface area contributed by atoms with Crippen molar-refractivity contribution in [3.8, 4) is 17.2 Å². The highest BCUT2D eigenvalue weighted by Crippen LogP contribution is 2.31. The molecule has 36 heavy (non-hydrogen) atoms. The molecular weight excluding hydrogens is 490 g/mol. The molecule has 2 atom stereocenters. The Kier molecular flexibility index (Phi) is 6.87. The second-order valence-corrected chi connectivity index (χ2v) is 10.3. The first-order valence-corrected chi connectivity index (χ1v) is 13.2. The zero-order chi connectivity index (χ0) is 25.4. The van der Waals surface area contributed by atoms with Gasteiger partial charge in [-0.1, -0.05) is 6.07 Å². The van der Waals surface area contributed by atoms with Crippen LogP contribution in [0.3, 0.4) is 0 Å². The van der Waals surface area contributed by atoms with Gasteiger partial charge in [-0.15, -0.1) is 4.31 Å². The predicted octanol–water partition coefficient (Wildman–Crippen LogP) is 2.57. The van der Waals surface area contributed by atoms with E-state index >= 15 is 0 Å². The van der Waals surface area contributed by atoms with Crippen molar-refractivity contribution in [1.82, 2.24) is 14.1 Å². The smallest absolute Gasteiger partial charge is 0.316 e. The molecule has 0 amide bonds. The zero-order valence-electron chi connectivity index (χ0n) is 19.7. The Labute approximate surface area is 210 Å². The molecule has 3 aromatic rings. The number of halogens is 2. The molecular formula is C25H26F2N4O4S. The molecule has 1 N–H and O–H groups in total. The second kappa shape index (κ2) is 10.1. The Morgan fingerprint density at radius 1 is 1.08 bits per heavy atom. The van der Waals surface area contributed by atoms with E-state index in [1.165, 1.54) is 6.20 Å². The molecule has 0 spiro atoms. The van der Waals surface area contributed by atoms with Crippen LogP contribution in [0.1, 0.15) is 17.5 Å². The van der Waals surface area contributed by atoms with E-state index in [1.807, 2.05) is 15.3 Å². The summed E-state index contributed by atoms with van der Waals surface area (Å²) in [7, 11) is 0. The number of nitrogens with zero attached hydrogens (tertiary/aromatic N) is 4. The van der Waals surface area contributed by atoms with Crippen LogP contribution >= 0.6 is 0 Å². The van der Waals surface area contributed by atoms with Gasteiger partial charge in [0.25, 0.3) is 0 Å². The van der Waals surface area contributed by atoms with Crippen molar-refractivity contribution < 1.29 is 23.2 Å². The Morgan fingerprint density at radius 2 is 1.81 bits per heavy atom. The van der Waals surface area contributed by atoms with Crippen LogP contribution < -0.4 is 15.2 Å². The number of phenols is 1. The molecule has 1 saturated heterocycles. The number of hydrogen-bond acceptors (Lipinski definition) is 7. The Hall–Kier alpha value is -3.15. The molecule has 8 nitrogen and oxygen atoms in total. The lowest BCUT2D eigenvalue weighted by molar-refractivity contribution is 0.181. The number of phenolic OH excluding ortho intramolecular Hbond substituents is 1. The van der Waals surface area contributed by atoms with E-state index in [0.717, 1.165) is 40.4 Å². The summed E-state index contributed by atoms with van der Waals surface area (Å²) in [5.41, 5.74) is 1.89. The fourth-order valence-corrected chi connectivity index (χ4v) is 5.45. The van der Waals surface area contributed by atoms with Crippen molar-refractivity contribution >= 4 is 17.0 Å². The van der Waals surface area contributed by atoms with Gasteiger partial charge in [-0.3, -0.25) is 4.79 Å². The molecule has 1 aliphatic heterocycles. The summed E-state index contributed by atoms with van der Waals surface area (Å²) in [6.45, 7) is 2.10. The number of ether oxygens (including phenoxy) is 1. The number of benzene rings is 2. The SMILES string of the molecule is C[S+]([O-])N1CCN(c2cnn(-c3cc(F)cc(F)c3)c(=O)c2OC2CCc3ccc(O)cc3C2)CC1. The molecule has 1 aliphatic carbocycles. The molecule has 2 aliphatic rings. The van der Waals surface area contributed by atoms with E-state index in [9.17, 15) is 23.2 Å². The van der Waals surface area contributed by atoms with E-state index in [1.54, 1.807) is 18.4 Å². The van der Waals surface area contributed by atoms with Gasteiger partial charge in [0.1, 0.15) is 35.4 Å². The van der Waals surface area contributed by atoms with Crippen molar-refractivity contribution in [2.24, 2.45) is 0 Å². The number of aromatic nitrogens is 2. The summed E-state index contributed by atoms with van der Waals surface area (Å²) in [5.74, 6) is -1.43. The predicted molar refractivity (Wildman–Crippen MR) is 132 cm³/mol. The maximum atomic E-state index is 13.9. The first kappa shape index (κ1) is 24.5. The zero-order valence-corrected chi connectivity index (χ0v) is 20.5. The fourth-order valence-electron chi connectivity index (χ4n) is 4.77. The normalized spacial score (nSPS) is 19.1. The number of aromatic hydroxyl groups is 1. The molecule has 1 fully saturated rings. The summed E-state index contributed by atoms with van der Waals surface area (Å²) in [4.78, 5) is 15.6. The molecule has 0 bridgehead atoms. The van der Waals surface area contributed by atoms with Crippen LogP contribution in [0.2, 0.25) is 0 Å². The number of piperazine rings is 1. The Bertz CT molecular complexity index is 1310. The molecule has 2 unspecified atom stereocenters. The van der Waals surface area contributed by atoms with E-state index in [0.29, 0.717) is 44.7 Å². The highest BCUT2D eigenvalue weighted by atomic mass is 32.2. The summed E-state index contributed by atoms with van der Waals surface area (Å²) < 4.78 is 48.7. The maximum Gasteiger partial charge on any atom is 0.316 e. The van der Waals surface area contributed by atoms with Gasteiger partial charge in [0, 0.05) is 36.9 Å². The van der Waals surface area contributed by atoms with Crippen molar-refractivity contribution in [2.75, 3.05) is 37.3 Å². The van der Waals surface area contributed by atoms with Crippen molar-refractivity contribution in [2.45, 2.75) is 25.4 Å². The minimum absolute atomic E-state index is 0.0426. The van der Waals surface area contributed by atoms with Crippen molar-refractivity contribution in [3.05, 3.63) is 75.7 Å². The van der Waals surface area contributed by atoms with Gasteiger partial charge >= 0.3 is 5.56 Å². The van der Waals surface area contributed by atoms with Gasteiger partial charge in [-0.2, -0.15) is 9.78 Å². The monoisotopic (exact) mass is 516 g/mol. The van der Waals surface area contributed by atoms with Crippen LogP contribution in [-0.4, -0.2) is 62.3 Å². The topological polar surface area (TPSA) is 93.9 Å². The largest absolute Gasteiger partial charge is 0.598 e. The molecule has 2 aromatic carbocycles. The van der Waals surface area contributed by atoms with Crippen LogP contribution in [0.4, 0.5) is 14.5 Å². The highest BCUT2D eigenvalue weighted by molar-refractivity contribution is 7.88. The van der Waals surface area contributed by atoms with Gasteiger partial charge < -0.3 is 19.3 Å². The number of fused-ring (bicyclic) bond motifs is 1. The molecule has 2 heterocycles. The van der Waals surface area contributed by atoms with E-state index in [4.69, 9.17) is 4.74 Å². The third kappa shape index (κ3) is 5.04. The fraction of sp³-hybridized carbons (Fsp3) is 0.360. The first-order valence-electron chi connectivity index (χ1n) is 11.7. The van der Waals surface area contributed by atoms with Crippen LogP contribution in [0.25, 0.3) is 5.69 Å². The molecule has 5 rings (SSSR count). The van der Waals surface area contributed by atoms with Crippen LogP contribution in [0.5, 0.6) is 11.5 Å². The summed E-state index contributed by atoms with van der Waals surface area (Å²) in [6, 6.07) is 8.05. The van der Waals surface area contributed by atoms with Gasteiger partial charge in [0.2, 0.25) is 5.75 Å². The average molecular weight is 517 g/mol. The molecule has 11 heteroatoms. The minimum atomic E-state index is -1.09. The Balaban J connectivity index is 1.51. The van der Waals surface area contributed by atoms with Gasteiger partial charge in [0.05, 0.1) is 25.0 Å². The first-order chi connectivity index (χ1) is 17.3. The third-order valence-electron chi connectivity index (χ3n) is 6.61.